The Morgan fingerprint density at radius 1 is 1.24 bits per heavy atom. The molecule has 25 heavy (non-hydrogen) atoms. The Morgan fingerprint density at radius 3 is 2.52 bits per heavy atom. The molecule has 132 valence electrons. The van der Waals surface area contributed by atoms with Gasteiger partial charge >= 0.3 is 0 Å². The second-order valence-electron chi connectivity index (χ2n) is 5.16. The summed E-state index contributed by atoms with van der Waals surface area (Å²) in [5, 5.41) is 13.8. The number of carbonyl (C=O) groups is 1. The molecule has 2 rings (SSSR count). The van der Waals surface area contributed by atoms with Crippen molar-refractivity contribution in [1.82, 2.24) is 0 Å². The largest absolute Gasteiger partial charge is 0.325 e. The van der Waals surface area contributed by atoms with Gasteiger partial charge in [0, 0.05) is 13.0 Å². The van der Waals surface area contributed by atoms with Crippen LogP contribution < -0.4 is 10.0 Å². The molecule has 2 N–H and O–H groups in total. The van der Waals surface area contributed by atoms with Gasteiger partial charge < -0.3 is 5.32 Å². The van der Waals surface area contributed by atoms with Crippen molar-refractivity contribution in [2.75, 3.05) is 10.0 Å². The van der Waals surface area contributed by atoms with E-state index in [2.05, 4.69) is 10.0 Å². The van der Waals surface area contributed by atoms with Gasteiger partial charge in [0.15, 0.2) is 4.90 Å². The molecule has 0 unspecified atom stereocenters. The topological polar surface area (TPSA) is 118 Å². The van der Waals surface area contributed by atoms with Crippen LogP contribution in [0.3, 0.4) is 0 Å². The first-order chi connectivity index (χ1) is 11.6. The molecule has 0 atom stereocenters. The minimum Gasteiger partial charge on any atom is -0.325 e. The van der Waals surface area contributed by atoms with E-state index in [1.165, 1.54) is 44.2 Å². The number of rotatable bonds is 5. The van der Waals surface area contributed by atoms with Crippen LogP contribution in [0.2, 0.25) is 5.02 Å². The molecular weight excluding hydrogens is 370 g/mol. The molecule has 1 amide bonds. The molecule has 8 nitrogen and oxygen atoms in total. The van der Waals surface area contributed by atoms with Crippen molar-refractivity contribution < 1.29 is 18.1 Å². The summed E-state index contributed by atoms with van der Waals surface area (Å²) in [6.07, 6.45) is 0. The van der Waals surface area contributed by atoms with E-state index >= 15 is 0 Å². The summed E-state index contributed by atoms with van der Waals surface area (Å²) >= 11 is 5.94. The van der Waals surface area contributed by atoms with Gasteiger partial charge in [0.05, 0.1) is 21.3 Å². The SMILES string of the molecule is CC(=O)Nc1cc(NS(=O)(=O)c2c(C)cccc2[N+](=O)[O-])ccc1Cl. The molecule has 0 saturated heterocycles. The van der Waals surface area contributed by atoms with Crippen molar-refractivity contribution in [2.24, 2.45) is 0 Å². The number of nitrogens with one attached hydrogen (secondary N) is 2. The number of hydrogen-bond donors (Lipinski definition) is 2. The van der Waals surface area contributed by atoms with E-state index in [-0.39, 0.29) is 27.9 Å². The highest BCUT2D eigenvalue weighted by Gasteiger charge is 2.28. The zero-order valence-electron chi connectivity index (χ0n) is 13.2. The quantitative estimate of drug-likeness (QED) is 0.606. The van der Waals surface area contributed by atoms with Crippen LogP contribution in [0.25, 0.3) is 0 Å². The highest BCUT2D eigenvalue weighted by atomic mass is 35.5. The molecule has 0 aliphatic heterocycles. The van der Waals surface area contributed by atoms with Gasteiger partial charge in [0.1, 0.15) is 0 Å². The summed E-state index contributed by atoms with van der Waals surface area (Å²) < 4.78 is 27.5. The zero-order chi connectivity index (χ0) is 18.8. The van der Waals surface area contributed by atoms with Crippen LogP contribution in [-0.4, -0.2) is 19.2 Å². The van der Waals surface area contributed by atoms with Crippen LogP contribution in [0.15, 0.2) is 41.3 Å². The molecule has 0 aromatic heterocycles. The Labute approximate surface area is 149 Å². The van der Waals surface area contributed by atoms with Crippen LogP contribution in [0.1, 0.15) is 12.5 Å². The average molecular weight is 384 g/mol. The molecule has 10 heteroatoms. The number of nitrogens with zero attached hydrogens (tertiary/aromatic N) is 1. The molecule has 0 radical (unpaired) electrons. The van der Waals surface area contributed by atoms with Crippen LogP contribution >= 0.6 is 11.6 Å². The zero-order valence-corrected chi connectivity index (χ0v) is 14.8. The Kier molecular flexibility index (Phi) is 5.29. The number of hydrogen-bond acceptors (Lipinski definition) is 5. The fourth-order valence-electron chi connectivity index (χ4n) is 2.21. The van der Waals surface area contributed by atoms with Gasteiger partial charge in [-0.05, 0) is 30.7 Å². The number of aryl methyl sites for hydroxylation is 1. The maximum Gasteiger partial charge on any atom is 0.290 e. The number of carbonyl (C=O) groups excluding carboxylic acids is 1. The molecule has 2 aromatic rings. The number of sulfonamides is 1. The second kappa shape index (κ2) is 7.08. The predicted octanol–water partition coefficient (Wildman–Crippen LogP) is 3.32. The molecule has 0 bridgehead atoms. The third-order valence-electron chi connectivity index (χ3n) is 3.19. The Bertz CT molecular complexity index is 960. The van der Waals surface area contributed by atoms with Crippen molar-refractivity contribution in [2.45, 2.75) is 18.7 Å². The van der Waals surface area contributed by atoms with Crippen molar-refractivity contribution in [3.05, 3.63) is 57.1 Å². The summed E-state index contributed by atoms with van der Waals surface area (Å²) in [5.74, 6) is -0.378. The lowest BCUT2D eigenvalue weighted by molar-refractivity contribution is -0.387. The minimum atomic E-state index is -4.23. The normalized spacial score (nSPS) is 11.0. The van der Waals surface area contributed by atoms with Crippen LogP contribution in [-0.2, 0) is 14.8 Å². The average Bonchev–Trinajstić information content (AvgIpc) is 2.49. The van der Waals surface area contributed by atoms with Gasteiger partial charge in [-0.25, -0.2) is 8.42 Å². The lowest BCUT2D eigenvalue weighted by Gasteiger charge is -2.12. The van der Waals surface area contributed by atoms with E-state index in [1.54, 1.807) is 0 Å². The Morgan fingerprint density at radius 2 is 1.92 bits per heavy atom. The third-order valence-corrected chi connectivity index (χ3v) is 5.09. The summed E-state index contributed by atoms with van der Waals surface area (Å²) in [6.45, 7) is 2.75. The van der Waals surface area contributed by atoms with Gasteiger partial charge in [-0.3, -0.25) is 19.6 Å². The van der Waals surface area contributed by atoms with Crippen molar-refractivity contribution in [3.63, 3.8) is 0 Å². The summed E-state index contributed by atoms with van der Waals surface area (Å²) in [5.41, 5.74) is 0.0284. The van der Waals surface area contributed by atoms with Crippen molar-refractivity contribution >= 4 is 44.6 Å². The smallest absolute Gasteiger partial charge is 0.290 e. The first kappa shape index (κ1) is 18.7. The lowest BCUT2D eigenvalue weighted by atomic mass is 10.2. The standard InChI is InChI=1S/C15H14ClN3O5S/c1-9-4-3-5-14(19(21)22)15(9)25(23,24)18-11-6-7-12(16)13(8-11)17-10(2)20/h3-8,18H,1-2H3,(H,17,20). The maximum atomic E-state index is 12.6. The third kappa shape index (κ3) is 4.25. The highest BCUT2D eigenvalue weighted by Crippen LogP contribution is 2.31. The van der Waals surface area contributed by atoms with E-state index in [0.717, 1.165) is 6.07 Å². The summed E-state index contributed by atoms with van der Waals surface area (Å²) in [4.78, 5) is 21.1. The highest BCUT2D eigenvalue weighted by molar-refractivity contribution is 7.93. The monoisotopic (exact) mass is 383 g/mol. The minimum absolute atomic E-state index is 0.103. The fraction of sp³-hybridized carbons (Fsp3) is 0.133. The lowest BCUT2D eigenvalue weighted by Crippen LogP contribution is -2.16. The number of amides is 1. The van der Waals surface area contributed by atoms with E-state index in [4.69, 9.17) is 11.6 Å². The molecular formula is C15H14ClN3O5S. The van der Waals surface area contributed by atoms with Gasteiger partial charge in [0.25, 0.3) is 15.7 Å². The molecule has 0 fully saturated rings. The van der Waals surface area contributed by atoms with Gasteiger partial charge in [-0.2, -0.15) is 0 Å². The Hall–Kier alpha value is -2.65. The first-order valence-corrected chi connectivity index (χ1v) is 8.82. The van der Waals surface area contributed by atoms with Gasteiger partial charge in [0.2, 0.25) is 5.91 Å². The second-order valence-corrected chi connectivity index (χ2v) is 7.19. The summed E-state index contributed by atoms with van der Waals surface area (Å²) in [7, 11) is -4.23. The number of halogens is 1. The maximum absolute atomic E-state index is 12.6. The number of benzene rings is 2. The molecule has 0 saturated carbocycles. The first-order valence-electron chi connectivity index (χ1n) is 6.96. The van der Waals surface area contributed by atoms with E-state index in [1.807, 2.05) is 0 Å². The van der Waals surface area contributed by atoms with Crippen LogP contribution in [0.5, 0.6) is 0 Å². The number of nitro benzene ring substituents is 1. The van der Waals surface area contributed by atoms with Crippen LogP contribution in [0.4, 0.5) is 17.1 Å². The van der Waals surface area contributed by atoms with Crippen molar-refractivity contribution in [3.8, 4) is 0 Å². The molecule has 2 aromatic carbocycles. The number of nitro groups is 1. The predicted molar refractivity (Wildman–Crippen MR) is 94.4 cm³/mol. The van der Waals surface area contributed by atoms with E-state index in [9.17, 15) is 23.3 Å². The Balaban J connectivity index is 2.47. The fourth-order valence-corrected chi connectivity index (χ4v) is 3.82. The van der Waals surface area contributed by atoms with Gasteiger partial charge in [-0.15, -0.1) is 0 Å². The molecule has 0 aliphatic rings. The number of anilines is 2. The van der Waals surface area contributed by atoms with Crippen molar-refractivity contribution in [1.29, 1.82) is 0 Å². The van der Waals surface area contributed by atoms with E-state index in [0.29, 0.717) is 0 Å². The molecule has 0 aliphatic carbocycles. The van der Waals surface area contributed by atoms with Gasteiger partial charge in [-0.1, -0.05) is 23.7 Å². The van der Waals surface area contributed by atoms with Crippen LogP contribution in [0, 0.1) is 17.0 Å². The molecule has 0 spiro atoms. The molecule has 0 heterocycles. The van der Waals surface area contributed by atoms with E-state index < -0.39 is 25.5 Å². The summed E-state index contributed by atoms with van der Waals surface area (Å²) in [6, 6.07) is 8.10.